The number of amides is 1. The highest BCUT2D eigenvalue weighted by Crippen LogP contribution is 2.43. The molecule has 27 heavy (non-hydrogen) atoms. The van der Waals surface area contributed by atoms with Crippen LogP contribution in [0.25, 0.3) is 0 Å². The first kappa shape index (κ1) is 21.8. The SMILES string of the molecule is CCCCC(CC)C(=O)N1C(C(=O)O)CSC1c1ccc(C(C)(C)C)cc1. The molecule has 3 atom stereocenters. The lowest BCUT2D eigenvalue weighted by atomic mass is 9.86. The van der Waals surface area contributed by atoms with E-state index in [0.29, 0.717) is 5.75 Å². The zero-order chi connectivity index (χ0) is 20.2. The highest BCUT2D eigenvalue weighted by molar-refractivity contribution is 7.99. The standard InChI is InChI=1S/C22H33NO3S/c1-6-8-9-15(7-2)19(24)23-18(21(25)26)14-27-20(23)16-10-12-17(13-11-16)22(3,4)5/h10-13,15,18,20H,6-9,14H2,1-5H3,(H,25,26). The van der Waals surface area contributed by atoms with Crippen molar-refractivity contribution in [3.8, 4) is 0 Å². The number of rotatable bonds is 7. The van der Waals surface area contributed by atoms with Crippen molar-refractivity contribution in [2.75, 3.05) is 5.75 Å². The van der Waals surface area contributed by atoms with Crippen molar-refractivity contribution in [2.24, 2.45) is 5.92 Å². The van der Waals surface area contributed by atoms with Crippen LogP contribution in [0.3, 0.4) is 0 Å². The van der Waals surface area contributed by atoms with Gasteiger partial charge in [0.05, 0.1) is 0 Å². The number of hydrogen-bond donors (Lipinski definition) is 1. The maximum atomic E-state index is 13.3. The summed E-state index contributed by atoms with van der Waals surface area (Å²) in [5, 5.41) is 9.45. The molecule has 0 bridgehead atoms. The molecular weight excluding hydrogens is 358 g/mol. The monoisotopic (exact) mass is 391 g/mol. The van der Waals surface area contributed by atoms with E-state index >= 15 is 0 Å². The van der Waals surface area contributed by atoms with Crippen molar-refractivity contribution in [3.05, 3.63) is 35.4 Å². The van der Waals surface area contributed by atoms with E-state index < -0.39 is 12.0 Å². The lowest BCUT2D eigenvalue weighted by Gasteiger charge is -2.31. The molecule has 0 aromatic heterocycles. The third-order valence-corrected chi connectivity index (χ3v) is 6.67. The first-order chi connectivity index (χ1) is 12.7. The summed E-state index contributed by atoms with van der Waals surface area (Å²) in [6.45, 7) is 10.6. The Bertz CT molecular complexity index is 651. The van der Waals surface area contributed by atoms with Crippen LogP contribution in [0.4, 0.5) is 0 Å². The lowest BCUT2D eigenvalue weighted by molar-refractivity contribution is -0.151. The van der Waals surface area contributed by atoms with E-state index in [1.165, 1.54) is 5.56 Å². The number of carboxylic acids is 1. The van der Waals surface area contributed by atoms with Crippen molar-refractivity contribution in [1.82, 2.24) is 4.90 Å². The summed E-state index contributed by atoms with van der Waals surface area (Å²) in [7, 11) is 0. The van der Waals surface area contributed by atoms with Gasteiger partial charge in [-0.3, -0.25) is 4.79 Å². The molecule has 1 N–H and O–H groups in total. The molecule has 0 aliphatic carbocycles. The zero-order valence-corrected chi connectivity index (χ0v) is 18.0. The molecule has 150 valence electrons. The van der Waals surface area contributed by atoms with Gasteiger partial charge in [0.15, 0.2) is 0 Å². The van der Waals surface area contributed by atoms with E-state index in [4.69, 9.17) is 0 Å². The smallest absolute Gasteiger partial charge is 0.327 e. The van der Waals surface area contributed by atoms with Crippen LogP contribution >= 0.6 is 11.8 Å². The van der Waals surface area contributed by atoms with Crippen LogP contribution in [0.5, 0.6) is 0 Å². The summed E-state index contributed by atoms with van der Waals surface area (Å²) < 4.78 is 0. The van der Waals surface area contributed by atoms with Crippen LogP contribution in [-0.2, 0) is 15.0 Å². The Labute approximate surface area is 167 Å². The Morgan fingerprint density at radius 2 is 1.85 bits per heavy atom. The minimum atomic E-state index is -0.907. The number of carbonyl (C=O) groups is 2. The number of benzene rings is 1. The highest BCUT2D eigenvalue weighted by Gasteiger charge is 2.43. The molecule has 3 unspecified atom stereocenters. The average molecular weight is 392 g/mol. The molecule has 0 spiro atoms. The predicted octanol–water partition coefficient (Wildman–Crippen LogP) is 5.23. The zero-order valence-electron chi connectivity index (χ0n) is 17.2. The molecular formula is C22H33NO3S. The van der Waals surface area contributed by atoms with Gasteiger partial charge in [0.1, 0.15) is 11.4 Å². The first-order valence-electron chi connectivity index (χ1n) is 9.97. The fourth-order valence-corrected chi connectivity index (χ4v) is 4.96. The van der Waals surface area contributed by atoms with Crippen LogP contribution in [0, 0.1) is 5.92 Å². The molecule has 2 rings (SSSR count). The molecule has 4 nitrogen and oxygen atoms in total. The van der Waals surface area contributed by atoms with Gasteiger partial charge < -0.3 is 10.0 Å². The molecule has 1 aromatic rings. The van der Waals surface area contributed by atoms with Crippen LogP contribution in [-0.4, -0.2) is 33.7 Å². The Morgan fingerprint density at radius 1 is 1.22 bits per heavy atom. The van der Waals surface area contributed by atoms with Crippen molar-refractivity contribution in [2.45, 2.75) is 77.1 Å². The van der Waals surface area contributed by atoms with Gasteiger partial charge in [0.2, 0.25) is 5.91 Å². The normalized spacial score (nSPS) is 21.3. The van der Waals surface area contributed by atoms with E-state index in [0.717, 1.165) is 31.2 Å². The molecule has 1 aliphatic rings. The highest BCUT2D eigenvalue weighted by atomic mass is 32.2. The number of thioether (sulfide) groups is 1. The Hall–Kier alpha value is -1.49. The molecule has 0 radical (unpaired) electrons. The third kappa shape index (κ3) is 5.07. The van der Waals surface area contributed by atoms with Gasteiger partial charge >= 0.3 is 5.97 Å². The number of unbranched alkanes of at least 4 members (excludes halogenated alkanes) is 1. The average Bonchev–Trinajstić information content (AvgIpc) is 3.06. The van der Waals surface area contributed by atoms with Crippen LogP contribution in [0.15, 0.2) is 24.3 Å². The second-order valence-electron chi connectivity index (χ2n) is 8.40. The molecule has 1 aromatic carbocycles. The Balaban J connectivity index is 2.31. The third-order valence-electron chi connectivity index (χ3n) is 5.35. The van der Waals surface area contributed by atoms with Gasteiger partial charge in [-0.2, -0.15) is 0 Å². The van der Waals surface area contributed by atoms with Crippen LogP contribution < -0.4 is 0 Å². The topological polar surface area (TPSA) is 57.6 Å². The predicted molar refractivity (Wildman–Crippen MR) is 112 cm³/mol. The van der Waals surface area contributed by atoms with E-state index in [-0.39, 0.29) is 22.6 Å². The minimum Gasteiger partial charge on any atom is -0.480 e. The lowest BCUT2D eigenvalue weighted by Crippen LogP contribution is -2.45. The van der Waals surface area contributed by atoms with Crippen molar-refractivity contribution >= 4 is 23.6 Å². The molecule has 1 amide bonds. The summed E-state index contributed by atoms with van der Waals surface area (Å²) in [6, 6.07) is 7.55. The summed E-state index contributed by atoms with van der Waals surface area (Å²) in [5.74, 6) is -0.568. The van der Waals surface area contributed by atoms with E-state index in [1.807, 2.05) is 6.92 Å². The largest absolute Gasteiger partial charge is 0.480 e. The molecule has 1 saturated heterocycles. The molecule has 0 saturated carbocycles. The second kappa shape index (κ2) is 9.13. The molecule has 1 aliphatic heterocycles. The second-order valence-corrected chi connectivity index (χ2v) is 9.52. The summed E-state index contributed by atoms with van der Waals surface area (Å²) in [6.07, 6.45) is 3.61. The number of carbonyl (C=O) groups excluding carboxylic acids is 1. The molecule has 5 heteroatoms. The van der Waals surface area contributed by atoms with E-state index in [9.17, 15) is 14.7 Å². The molecule has 1 heterocycles. The summed E-state index contributed by atoms with van der Waals surface area (Å²) in [4.78, 5) is 26.7. The van der Waals surface area contributed by atoms with Gasteiger partial charge in [-0.25, -0.2) is 4.79 Å². The number of carboxylic acid groups (broad SMARTS) is 1. The maximum absolute atomic E-state index is 13.3. The summed E-state index contributed by atoms with van der Waals surface area (Å²) in [5.41, 5.74) is 2.31. The van der Waals surface area contributed by atoms with Crippen molar-refractivity contribution in [3.63, 3.8) is 0 Å². The van der Waals surface area contributed by atoms with Gasteiger partial charge in [-0.05, 0) is 29.4 Å². The fraction of sp³-hybridized carbons (Fsp3) is 0.636. The summed E-state index contributed by atoms with van der Waals surface area (Å²) >= 11 is 1.56. The maximum Gasteiger partial charge on any atom is 0.327 e. The van der Waals surface area contributed by atoms with Crippen molar-refractivity contribution in [1.29, 1.82) is 0 Å². The van der Waals surface area contributed by atoms with Crippen LogP contribution in [0.2, 0.25) is 0 Å². The van der Waals surface area contributed by atoms with Gasteiger partial charge in [0, 0.05) is 11.7 Å². The Kier molecular flexibility index (Phi) is 7.38. The Morgan fingerprint density at radius 3 is 2.33 bits per heavy atom. The first-order valence-corrected chi connectivity index (χ1v) is 11.0. The fourth-order valence-electron chi connectivity index (χ4n) is 3.53. The minimum absolute atomic E-state index is 0.00625. The van der Waals surface area contributed by atoms with Gasteiger partial charge in [-0.1, -0.05) is 71.7 Å². The van der Waals surface area contributed by atoms with Gasteiger partial charge in [0.25, 0.3) is 0 Å². The quantitative estimate of drug-likeness (QED) is 0.691. The van der Waals surface area contributed by atoms with Crippen molar-refractivity contribution < 1.29 is 14.7 Å². The van der Waals surface area contributed by atoms with Gasteiger partial charge in [-0.15, -0.1) is 11.8 Å². The van der Waals surface area contributed by atoms with E-state index in [1.54, 1.807) is 16.7 Å². The number of aliphatic carboxylic acids is 1. The number of hydrogen-bond acceptors (Lipinski definition) is 3. The molecule has 1 fully saturated rings. The van der Waals surface area contributed by atoms with Crippen LogP contribution in [0.1, 0.15) is 76.8 Å². The number of nitrogens with zero attached hydrogens (tertiary/aromatic N) is 1. The van der Waals surface area contributed by atoms with E-state index in [2.05, 4.69) is 52.0 Å².